The molecule has 0 atom stereocenters. The number of anilines is 3. The summed E-state index contributed by atoms with van der Waals surface area (Å²) < 4.78 is 0. The second-order valence-corrected chi connectivity index (χ2v) is 8.67. The van der Waals surface area contributed by atoms with Gasteiger partial charge in [-0.15, -0.1) is 11.3 Å². The Hall–Kier alpha value is -3.36. The van der Waals surface area contributed by atoms with Crippen LogP contribution < -0.4 is 16.4 Å². The molecule has 1 heterocycles. The van der Waals surface area contributed by atoms with Crippen LogP contribution in [0.2, 0.25) is 0 Å². The molecule has 0 radical (unpaired) electrons. The number of nitrogens with one attached hydrogen (secondary N) is 2. The highest BCUT2D eigenvalue weighted by Gasteiger charge is 2.15. The molecule has 0 unspecified atom stereocenters. The zero-order chi connectivity index (χ0) is 22.9. The van der Waals surface area contributed by atoms with Crippen molar-refractivity contribution in [1.82, 2.24) is 9.80 Å². The van der Waals surface area contributed by atoms with Crippen molar-refractivity contribution >= 4 is 39.7 Å². The Labute approximate surface area is 192 Å². The Bertz CT molecular complexity index is 1020. The smallest absolute Gasteiger partial charge is 0.322 e. The fraction of sp³-hybridized carbons (Fsp3) is 0.250. The minimum absolute atomic E-state index is 0.132. The van der Waals surface area contributed by atoms with E-state index in [4.69, 9.17) is 5.73 Å². The first kappa shape index (κ1) is 23.3. The molecule has 0 fully saturated rings. The molecule has 168 valence electrons. The highest BCUT2D eigenvalue weighted by Crippen LogP contribution is 2.19. The standard InChI is InChI=1S/C24H29N5O2S/c1-28(2)14-6-15-29(24(31)27-22-9-5-16-32-22)17-18-10-12-19(13-11-18)23(30)26-21-8-4-3-7-20(21)25/h3-5,7-13,16H,6,14-15,17,25H2,1-2H3,(H,26,30)(H,27,31). The van der Waals surface area contributed by atoms with Crippen LogP contribution in [0.25, 0.3) is 0 Å². The van der Waals surface area contributed by atoms with E-state index in [1.165, 1.54) is 11.3 Å². The molecule has 7 nitrogen and oxygen atoms in total. The fourth-order valence-electron chi connectivity index (χ4n) is 3.15. The lowest BCUT2D eigenvalue weighted by atomic mass is 10.1. The number of carbonyl (C=O) groups excluding carboxylic acids is 2. The van der Waals surface area contributed by atoms with Gasteiger partial charge in [-0.3, -0.25) is 10.1 Å². The maximum atomic E-state index is 12.8. The topological polar surface area (TPSA) is 90.7 Å². The Balaban J connectivity index is 1.65. The van der Waals surface area contributed by atoms with Gasteiger partial charge in [-0.25, -0.2) is 4.79 Å². The van der Waals surface area contributed by atoms with E-state index in [0.717, 1.165) is 23.5 Å². The molecule has 0 saturated heterocycles. The van der Waals surface area contributed by atoms with E-state index in [-0.39, 0.29) is 11.9 Å². The number of hydrogen-bond donors (Lipinski definition) is 3. The van der Waals surface area contributed by atoms with Crippen molar-refractivity contribution in [2.75, 3.05) is 43.6 Å². The van der Waals surface area contributed by atoms with Gasteiger partial charge in [0.15, 0.2) is 0 Å². The number of nitrogens with zero attached hydrogens (tertiary/aromatic N) is 2. The van der Waals surface area contributed by atoms with E-state index in [1.807, 2.05) is 55.9 Å². The second-order valence-electron chi connectivity index (χ2n) is 7.72. The molecule has 1 aromatic heterocycles. The number of nitrogen functional groups attached to an aromatic ring is 1. The highest BCUT2D eigenvalue weighted by atomic mass is 32.1. The number of nitrogens with two attached hydrogens (primary N) is 1. The normalized spacial score (nSPS) is 10.7. The summed E-state index contributed by atoms with van der Waals surface area (Å²) in [7, 11) is 4.03. The van der Waals surface area contributed by atoms with Crippen molar-refractivity contribution in [1.29, 1.82) is 0 Å². The van der Waals surface area contributed by atoms with Crippen LogP contribution in [0.3, 0.4) is 0 Å². The van der Waals surface area contributed by atoms with Crippen LogP contribution in [-0.2, 0) is 6.54 Å². The van der Waals surface area contributed by atoms with E-state index >= 15 is 0 Å². The maximum absolute atomic E-state index is 12.8. The summed E-state index contributed by atoms with van der Waals surface area (Å²) >= 11 is 1.49. The number of urea groups is 1. The molecule has 4 N–H and O–H groups in total. The third-order valence-corrected chi connectivity index (χ3v) is 5.66. The Morgan fingerprint density at radius 1 is 0.938 bits per heavy atom. The van der Waals surface area contributed by atoms with Gasteiger partial charge in [0.25, 0.3) is 5.91 Å². The van der Waals surface area contributed by atoms with Gasteiger partial charge in [0, 0.05) is 18.7 Å². The van der Waals surface area contributed by atoms with Gasteiger partial charge in [-0.05, 0) is 74.4 Å². The van der Waals surface area contributed by atoms with Crippen LogP contribution in [-0.4, -0.2) is 48.9 Å². The molecule has 0 spiro atoms. The number of hydrogen-bond acceptors (Lipinski definition) is 5. The van der Waals surface area contributed by atoms with Gasteiger partial charge in [0.1, 0.15) is 0 Å². The zero-order valence-electron chi connectivity index (χ0n) is 18.4. The monoisotopic (exact) mass is 451 g/mol. The fourth-order valence-corrected chi connectivity index (χ4v) is 3.76. The van der Waals surface area contributed by atoms with Gasteiger partial charge in [-0.2, -0.15) is 0 Å². The first-order chi connectivity index (χ1) is 15.4. The minimum atomic E-state index is -0.229. The summed E-state index contributed by atoms with van der Waals surface area (Å²) in [4.78, 5) is 29.3. The van der Waals surface area contributed by atoms with E-state index in [9.17, 15) is 9.59 Å². The lowest BCUT2D eigenvalue weighted by molar-refractivity contribution is 0.102. The Kier molecular flexibility index (Phi) is 8.24. The van der Waals surface area contributed by atoms with E-state index in [0.29, 0.717) is 30.0 Å². The van der Waals surface area contributed by atoms with Crippen LogP contribution in [0.15, 0.2) is 66.0 Å². The van der Waals surface area contributed by atoms with Crippen molar-refractivity contribution in [3.63, 3.8) is 0 Å². The molecule has 0 saturated carbocycles. The third kappa shape index (κ3) is 6.83. The maximum Gasteiger partial charge on any atom is 0.322 e. The molecule has 0 aliphatic heterocycles. The zero-order valence-corrected chi connectivity index (χ0v) is 19.2. The molecule has 3 amide bonds. The van der Waals surface area contributed by atoms with Crippen LogP contribution in [0.4, 0.5) is 21.2 Å². The van der Waals surface area contributed by atoms with Crippen LogP contribution in [0, 0.1) is 0 Å². The molecule has 2 aromatic carbocycles. The molecular formula is C24H29N5O2S. The quantitative estimate of drug-likeness (QED) is 0.416. The SMILES string of the molecule is CN(C)CCCN(Cc1ccc(C(=O)Nc2ccccc2N)cc1)C(=O)Nc1cccs1. The van der Waals surface area contributed by atoms with E-state index in [1.54, 1.807) is 29.2 Å². The second kappa shape index (κ2) is 11.3. The van der Waals surface area contributed by atoms with Crippen molar-refractivity contribution < 1.29 is 9.59 Å². The third-order valence-electron chi connectivity index (χ3n) is 4.87. The van der Waals surface area contributed by atoms with E-state index in [2.05, 4.69) is 15.5 Å². The lowest BCUT2D eigenvalue weighted by Gasteiger charge is -2.24. The van der Waals surface area contributed by atoms with Gasteiger partial charge in [0.05, 0.1) is 16.4 Å². The molecule has 32 heavy (non-hydrogen) atoms. The van der Waals surface area contributed by atoms with E-state index < -0.39 is 0 Å². The summed E-state index contributed by atoms with van der Waals surface area (Å²) in [6.45, 7) is 1.98. The highest BCUT2D eigenvalue weighted by molar-refractivity contribution is 7.14. The average molecular weight is 452 g/mol. The molecular weight excluding hydrogens is 422 g/mol. The number of para-hydroxylation sites is 2. The first-order valence-corrected chi connectivity index (χ1v) is 11.3. The van der Waals surface area contributed by atoms with Gasteiger partial charge >= 0.3 is 6.03 Å². The number of amides is 3. The Morgan fingerprint density at radius 3 is 2.34 bits per heavy atom. The van der Waals surface area contributed by atoms with Gasteiger partial charge in [-0.1, -0.05) is 24.3 Å². The summed E-state index contributed by atoms with van der Waals surface area (Å²) in [5.74, 6) is -0.229. The molecule has 3 aromatic rings. The molecule has 0 aliphatic carbocycles. The number of thiophene rings is 1. The molecule has 8 heteroatoms. The summed E-state index contributed by atoms with van der Waals surface area (Å²) in [5.41, 5.74) is 8.48. The van der Waals surface area contributed by atoms with Crippen molar-refractivity contribution in [2.45, 2.75) is 13.0 Å². The molecule has 0 bridgehead atoms. The molecule has 3 rings (SSSR count). The number of benzene rings is 2. The van der Waals surface area contributed by atoms with Crippen molar-refractivity contribution in [2.24, 2.45) is 0 Å². The lowest BCUT2D eigenvalue weighted by Crippen LogP contribution is -2.36. The Morgan fingerprint density at radius 2 is 1.69 bits per heavy atom. The summed E-state index contributed by atoms with van der Waals surface area (Å²) in [5, 5.41) is 8.53. The minimum Gasteiger partial charge on any atom is -0.397 e. The number of carbonyl (C=O) groups is 2. The largest absolute Gasteiger partial charge is 0.397 e. The summed E-state index contributed by atoms with van der Waals surface area (Å²) in [6, 6.07) is 18.1. The van der Waals surface area contributed by atoms with Crippen LogP contribution in [0.5, 0.6) is 0 Å². The predicted molar refractivity (Wildman–Crippen MR) is 132 cm³/mol. The predicted octanol–water partition coefficient (Wildman–Crippen LogP) is 4.57. The number of rotatable bonds is 9. The first-order valence-electron chi connectivity index (χ1n) is 10.4. The van der Waals surface area contributed by atoms with Crippen LogP contribution in [0.1, 0.15) is 22.3 Å². The molecule has 0 aliphatic rings. The van der Waals surface area contributed by atoms with Crippen molar-refractivity contribution in [3.05, 3.63) is 77.2 Å². The van der Waals surface area contributed by atoms with Crippen molar-refractivity contribution in [3.8, 4) is 0 Å². The summed E-state index contributed by atoms with van der Waals surface area (Å²) in [6.07, 6.45) is 0.865. The van der Waals surface area contributed by atoms with Crippen LogP contribution >= 0.6 is 11.3 Å². The average Bonchev–Trinajstić information content (AvgIpc) is 3.28. The van der Waals surface area contributed by atoms with Gasteiger partial charge < -0.3 is 20.9 Å². The van der Waals surface area contributed by atoms with Gasteiger partial charge in [0.2, 0.25) is 0 Å².